The van der Waals surface area contributed by atoms with Gasteiger partial charge in [0.1, 0.15) is 23.4 Å². The molecule has 3 unspecified atom stereocenters. The van der Waals surface area contributed by atoms with Crippen molar-refractivity contribution in [3.63, 3.8) is 0 Å². The van der Waals surface area contributed by atoms with Gasteiger partial charge in [0.2, 0.25) is 11.8 Å². The minimum atomic E-state index is -1.02. The van der Waals surface area contributed by atoms with Crippen LogP contribution in [-0.2, 0) is 20.7 Å². The molecule has 0 aliphatic carbocycles. The Hall–Kier alpha value is -3.55. The summed E-state index contributed by atoms with van der Waals surface area (Å²) >= 11 is 0. The second-order valence-corrected chi connectivity index (χ2v) is 12.6. The van der Waals surface area contributed by atoms with Gasteiger partial charge in [0.15, 0.2) is 0 Å². The molecule has 0 saturated heterocycles. The number of hydrogen-bond acceptors (Lipinski definition) is 5. The van der Waals surface area contributed by atoms with Gasteiger partial charge in [-0.3, -0.25) is 9.59 Å². The molecule has 0 aliphatic heterocycles. The molecule has 3 amide bonds. The zero-order valence-electron chi connectivity index (χ0n) is 25.7. The van der Waals surface area contributed by atoms with E-state index in [0.29, 0.717) is 12.0 Å². The topological polar surface area (TPSA) is 108 Å². The molecule has 3 N–H and O–H groups in total. The molecular formula is C32H47N3O5. The van der Waals surface area contributed by atoms with Crippen molar-refractivity contribution in [2.75, 3.05) is 0 Å². The number of hydrogen-bond donors (Lipinski definition) is 3. The van der Waals surface area contributed by atoms with Gasteiger partial charge in [0.05, 0.1) is 0 Å². The third-order valence-electron chi connectivity index (χ3n) is 6.27. The first kappa shape index (κ1) is 32.7. The summed E-state index contributed by atoms with van der Waals surface area (Å²) in [5, 5.41) is 15.6. The maximum absolute atomic E-state index is 14.5. The fraction of sp³-hybridized carbons (Fsp3) is 0.531. The number of benzene rings is 2. The summed E-state index contributed by atoms with van der Waals surface area (Å²) in [7, 11) is 0. The van der Waals surface area contributed by atoms with E-state index in [1.807, 2.05) is 66.7 Å². The molecule has 0 heterocycles. The van der Waals surface area contributed by atoms with Gasteiger partial charge in [-0.15, -0.1) is 0 Å². The van der Waals surface area contributed by atoms with Crippen LogP contribution in [0.1, 0.15) is 90.1 Å². The maximum atomic E-state index is 14.5. The van der Waals surface area contributed by atoms with Crippen LogP contribution in [0.5, 0.6) is 5.75 Å². The monoisotopic (exact) mass is 553 g/mol. The van der Waals surface area contributed by atoms with Gasteiger partial charge in [-0.05, 0) is 92.0 Å². The quantitative estimate of drug-likeness (QED) is 0.368. The maximum Gasteiger partial charge on any atom is 0.408 e. The molecule has 40 heavy (non-hydrogen) atoms. The average Bonchev–Trinajstić information content (AvgIpc) is 2.79. The number of carbonyl (C=O) groups excluding carboxylic acids is 3. The van der Waals surface area contributed by atoms with Gasteiger partial charge in [-0.25, -0.2) is 4.79 Å². The highest BCUT2D eigenvalue weighted by atomic mass is 16.6. The number of amides is 3. The average molecular weight is 554 g/mol. The van der Waals surface area contributed by atoms with E-state index in [9.17, 15) is 19.5 Å². The van der Waals surface area contributed by atoms with Crippen LogP contribution >= 0.6 is 0 Å². The first-order chi connectivity index (χ1) is 18.4. The molecule has 0 spiro atoms. The van der Waals surface area contributed by atoms with Crippen molar-refractivity contribution < 1.29 is 24.2 Å². The minimum absolute atomic E-state index is 0.0988. The lowest BCUT2D eigenvalue weighted by molar-refractivity contribution is -0.145. The summed E-state index contributed by atoms with van der Waals surface area (Å²) < 4.78 is 5.49. The molecule has 8 nitrogen and oxygen atoms in total. The van der Waals surface area contributed by atoms with Gasteiger partial charge < -0.3 is 25.4 Å². The lowest BCUT2D eigenvalue weighted by Crippen LogP contribution is -2.57. The smallest absolute Gasteiger partial charge is 0.408 e. The van der Waals surface area contributed by atoms with E-state index in [1.165, 1.54) is 12.1 Å². The normalized spacial score (nSPS) is 14.1. The van der Waals surface area contributed by atoms with Crippen molar-refractivity contribution in [3.05, 3.63) is 64.7 Å². The molecular weight excluding hydrogens is 506 g/mol. The van der Waals surface area contributed by atoms with E-state index < -0.39 is 35.2 Å². The Kier molecular flexibility index (Phi) is 10.8. The molecule has 0 saturated carbocycles. The molecule has 2 aromatic carbocycles. The van der Waals surface area contributed by atoms with Crippen molar-refractivity contribution in [1.29, 1.82) is 0 Å². The molecule has 2 aromatic rings. The largest absolute Gasteiger partial charge is 0.508 e. The summed E-state index contributed by atoms with van der Waals surface area (Å²) in [4.78, 5) is 42.9. The highest BCUT2D eigenvalue weighted by molar-refractivity contribution is 5.92. The Bertz CT molecular complexity index is 1160. The highest BCUT2D eigenvalue weighted by Crippen LogP contribution is 2.29. The minimum Gasteiger partial charge on any atom is -0.508 e. The van der Waals surface area contributed by atoms with Crippen molar-refractivity contribution in [2.45, 2.75) is 111 Å². The Morgan fingerprint density at radius 2 is 1.50 bits per heavy atom. The van der Waals surface area contributed by atoms with Crippen LogP contribution in [0.25, 0.3) is 0 Å². The number of aryl methyl sites for hydroxylation is 2. The van der Waals surface area contributed by atoms with Crippen molar-refractivity contribution >= 4 is 17.9 Å². The Labute approximate surface area is 239 Å². The van der Waals surface area contributed by atoms with Crippen LogP contribution in [0.2, 0.25) is 0 Å². The molecule has 3 atom stereocenters. The molecule has 0 aromatic heterocycles. The van der Waals surface area contributed by atoms with Crippen molar-refractivity contribution in [2.24, 2.45) is 0 Å². The Morgan fingerprint density at radius 1 is 0.950 bits per heavy atom. The number of nitrogens with zero attached hydrogens (tertiary/aromatic N) is 1. The predicted octanol–water partition coefficient (Wildman–Crippen LogP) is 5.73. The predicted molar refractivity (Wildman–Crippen MR) is 158 cm³/mol. The van der Waals surface area contributed by atoms with E-state index in [1.54, 1.807) is 37.8 Å². The highest BCUT2D eigenvalue weighted by Gasteiger charge is 2.39. The number of phenolic OH excluding ortho intramolecular Hbond substituents is 1. The van der Waals surface area contributed by atoms with E-state index in [0.717, 1.165) is 16.7 Å². The van der Waals surface area contributed by atoms with E-state index in [4.69, 9.17) is 4.74 Å². The second kappa shape index (κ2) is 13.2. The van der Waals surface area contributed by atoms with E-state index in [-0.39, 0.29) is 24.1 Å². The lowest BCUT2D eigenvalue weighted by atomic mass is 9.95. The fourth-order valence-corrected chi connectivity index (χ4v) is 4.54. The summed E-state index contributed by atoms with van der Waals surface area (Å²) in [5.41, 5.74) is 2.10. The summed E-state index contributed by atoms with van der Waals surface area (Å²) in [6.07, 6.45) is 0.00997. The summed E-state index contributed by atoms with van der Waals surface area (Å²) in [6.45, 7) is 18.7. The third-order valence-corrected chi connectivity index (χ3v) is 6.27. The van der Waals surface area contributed by atoms with Gasteiger partial charge in [0, 0.05) is 18.0 Å². The standard InChI is InChI=1S/C32H47N3O5/c1-11-22(4)35(27(28(37)34-31(5,6)7)24-17-20(2)16-21(3)18-24)29(38)26(33-30(39)40-32(8,9)10)19-23-12-14-25(36)15-13-23/h12-18,22,26-27,36H,11,19H2,1-10H3,(H,33,39)(H,34,37). The van der Waals surface area contributed by atoms with Crippen LogP contribution in [0.15, 0.2) is 42.5 Å². The molecule has 0 aliphatic rings. The van der Waals surface area contributed by atoms with Gasteiger partial charge in [0.25, 0.3) is 0 Å². The number of aromatic hydroxyl groups is 1. The summed E-state index contributed by atoms with van der Waals surface area (Å²) in [5.74, 6) is -0.602. The number of rotatable bonds is 9. The zero-order chi connectivity index (χ0) is 30.4. The molecule has 0 bridgehead atoms. The third kappa shape index (κ3) is 9.88. The fourth-order valence-electron chi connectivity index (χ4n) is 4.54. The molecule has 2 rings (SSSR count). The number of carbonyl (C=O) groups is 3. The number of phenols is 1. The van der Waals surface area contributed by atoms with Crippen molar-refractivity contribution in [3.8, 4) is 5.75 Å². The molecule has 220 valence electrons. The van der Waals surface area contributed by atoms with Gasteiger partial charge in [-0.1, -0.05) is 48.4 Å². The Morgan fingerprint density at radius 3 is 1.98 bits per heavy atom. The van der Waals surface area contributed by atoms with Crippen LogP contribution < -0.4 is 10.6 Å². The lowest BCUT2D eigenvalue weighted by Gasteiger charge is -2.39. The number of nitrogens with one attached hydrogen (secondary N) is 2. The van der Waals surface area contributed by atoms with E-state index in [2.05, 4.69) is 10.6 Å². The van der Waals surface area contributed by atoms with E-state index >= 15 is 0 Å². The molecule has 0 radical (unpaired) electrons. The van der Waals surface area contributed by atoms with Crippen LogP contribution in [-0.4, -0.2) is 51.1 Å². The van der Waals surface area contributed by atoms with Gasteiger partial charge >= 0.3 is 6.09 Å². The SMILES string of the molecule is CCC(C)N(C(=O)C(Cc1ccc(O)cc1)NC(=O)OC(C)(C)C)C(C(=O)NC(C)(C)C)c1cc(C)cc(C)c1. The summed E-state index contributed by atoms with van der Waals surface area (Å²) in [6, 6.07) is 10.1. The van der Waals surface area contributed by atoms with Crippen LogP contribution in [0, 0.1) is 13.8 Å². The number of ether oxygens (including phenoxy) is 1. The van der Waals surface area contributed by atoms with Crippen molar-refractivity contribution in [1.82, 2.24) is 15.5 Å². The Balaban J connectivity index is 2.66. The molecule has 0 fully saturated rings. The van der Waals surface area contributed by atoms with Crippen LogP contribution in [0.3, 0.4) is 0 Å². The second-order valence-electron chi connectivity index (χ2n) is 12.6. The van der Waals surface area contributed by atoms with Crippen LogP contribution in [0.4, 0.5) is 4.79 Å². The number of alkyl carbamates (subject to hydrolysis) is 1. The first-order valence-corrected chi connectivity index (χ1v) is 13.9. The first-order valence-electron chi connectivity index (χ1n) is 13.9. The van der Waals surface area contributed by atoms with Gasteiger partial charge in [-0.2, -0.15) is 0 Å². The zero-order valence-corrected chi connectivity index (χ0v) is 25.7. The molecule has 8 heteroatoms.